The fourth-order valence-electron chi connectivity index (χ4n) is 3.00. The Balaban J connectivity index is 1.95. The summed E-state index contributed by atoms with van der Waals surface area (Å²) >= 11 is 0. The molecule has 1 spiro atoms. The zero-order valence-electron chi connectivity index (χ0n) is 10.1. The van der Waals surface area contributed by atoms with E-state index in [4.69, 9.17) is 0 Å². The van der Waals surface area contributed by atoms with Crippen molar-refractivity contribution in [2.45, 2.75) is 25.2 Å². The van der Waals surface area contributed by atoms with Gasteiger partial charge in [0.1, 0.15) is 0 Å². The molecule has 4 nitrogen and oxygen atoms in total. The van der Waals surface area contributed by atoms with E-state index in [1.165, 1.54) is 0 Å². The van der Waals surface area contributed by atoms with Crippen LogP contribution in [0.1, 0.15) is 25.3 Å². The molecule has 0 aromatic carbocycles. The van der Waals surface area contributed by atoms with Gasteiger partial charge >= 0.3 is 0 Å². The number of anilines is 1. The molecule has 2 aliphatic heterocycles. The molecule has 0 saturated carbocycles. The zero-order valence-corrected chi connectivity index (χ0v) is 10.1. The number of aromatic nitrogens is 1. The van der Waals surface area contributed by atoms with E-state index in [2.05, 4.69) is 22.1 Å². The first-order valence-corrected chi connectivity index (χ1v) is 6.24. The molecule has 4 heteroatoms. The van der Waals surface area contributed by atoms with Crippen molar-refractivity contribution < 1.29 is 4.79 Å². The molecule has 0 atom stereocenters. The molecule has 1 saturated heterocycles. The Morgan fingerprint density at radius 2 is 2.24 bits per heavy atom. The summed E-state index contributed by atoms with van der Waals surface area (Å²) < 4.78 is 0. The Morgan fingerprint density at radius 1 is 1.47 bits per heavy atom. The van der Waals surface area contributed by atoms with E-state index < -0.39 is 0 Å². The number of likely N-dealkylation sites (tertiary alicyclic amines) is 1. The quantitative estimate of drug-likeness (QED) is 0.794. The number of nitrogens with one attached hydrogen (secondary N) is 1. The summed E-state index contributed by atoms with van der Waals surface area (Å²) in [6.07, 6.45) is 5.41. The van der Waals surface area contributed by atoms with Gasteiger partial charge in [-0.3, -0.25) is 9.78 Å². The zero-order chi connectivity index (χ0) is 11.9. The molecule has 1 amide bonds. The Bertz CT molecular complexity index is 450. The number of hydrogen-bond acceptors (Lipinski definition) is 3. The van der Waals surface area contributed by atoms with E-state index >= 15 is 0 Å². The Kier molecular flexibility index (Phi) is 2.40. The van der Waals surface area contributed by atoms with Crippen molar-refractivity contribution in [3.8, 4) is 0 Å². The lowest BCUT2D eigenvalue weighted by atomic mass is 9.74. The number of carbonyl (C=O) groups excluding carboxylic acids is 1. The second-order valence-electron chi connectivity index (χ2n) is 4.89. The SMILES string of the molecule is CCN1CCC2(CC1)C(=O)Nc1ccncc12. The number of amides is 1. The fraction of sp³-hybridized carbons (Fsp3) is 0.538. The van der Waals surface area contributed by atoms with E-state index in [1.54, 1.807) is 6.20 Å². The molecule has 0 unspecified atom stereocenters. The molecule has 0 bridgehead atoms. The van der Waals surface area contributed by atoms with E-state index in [-0.39, 0.29) is 11.3 Å². The highest BCUT2D eigenvalue weighted by atomic mass is 16.2. The third-order valence-electron chi connectivity index (χ3n) is 4.18. The summed E-state index contributed by atoms with van der Waals surface area (Å²) in [7, 11) is 0. The van der Waals surface area contributed by atoms with Crippen LogP contribution in [0.2, 0.25) is 0 Å². The van der Waals surface area contributed by atoms with Gasteiger partial charge in [-0.25, -0.2) is 0 Å². The molecule has 3 rings (SSSR count). The summed E-state index contributed by atoms with van der Waals surface area (Å²) in [6, 6.07) is 1.90. The summed E-state index contributed by atoms with van der Waals surface area (Å²) in [5, 5.41) is 2.99. The summed E-state index contributed by atoms with van der Waals surface area (Å²) in [5.74, 6) is 0.163. The number of pyridine rings is 1. The van der Waals surface area contributed by atoms with Crippen molar-refractivity contribution in [2.24, 2.45) is 0 Å². The first kappa shape index (κ1) is 10.7. The second kappa shape index (κ2) is 3.81. The van der Waals surface area contributed by atoms with Crippen LogP contribution in [0.5, 0.6) is 0 Å². The maximum atomic E-state index is 12.2. The van der Waals surface area contributed by atoms with E-state index in [0.717, 1.165) is 43.7 Å². The fourth-order valence-corrected chi connectivity index (χ4v) is 3.00. The van der Waals surface area contributed by atoms with Gasteiger partial charge in [0.25, 0.3) is 0 Å². The predicted octanol–water partition coefficient (Wildman–Crippen LogP) is 1.39. The Hall–Kier alpha value is -1.42. The average Bonchev–Trinajstić information content (AvgIpc) is 2.64. The maximum Gasteiger partial charge on any atom is 0.235 e. The molecule has 17 heavy (non-hydrogen) atoms. The highest BCUT2D eigenvalue weighted by Gasteiger charge is 2.48. The van der Waals surface area contributed by atoms with Crippen LogP contribution in [0, 0.1) is 0 Å². The smallest absolute Gasteiger partial charge is 0.235 e. The van der Waals surface area contributed by atoms with Crippen LogP contribution in [0.25, 0.3) is 0 Å². The lowest BCUT2D eigenvalue weighted by molar-refractivity contribution is -0.122. The average molecular weight is 231 g/mol. The number of fused-ring (bicyclic) bond motifs is 2. The van der Waals surface area contributed by atoms with Crippen molar-refractivity contribution in [1.29, 1.82) is 0 Å². The monoisotopic (exact) mass is 231 g/mol. The van der Waals surface area contributed by atoms with E-state index in [0.29, 0.717) is 0 Å². The number of piperidine rings is 1. The molecule has 1 fully saturated rings. The molecule has 0 aliphatic carbocycles. The van der Waals surface area contributed by atoms with Gasteiger partial charge in [-0.15, -0.1) is 0 Å². The number of rotatable bonds is 1. The first-order valence-electron chi connectivity index (χ1n) is 6.24. The number of hydrogen-bond donors (Lipinski definition) is 1. The molecule has 1 N–H and O–H groups in total. The number of nitrogens with zero attached hydrogens (tertiary/aromatic N) is 2. The summed E-state index contributed by atoms with van der Waals surface area (Å²) in [5.41, 5.74) is 1.74. The molecule has 1 aromatic rings. The molecule has 0 radical (unpaired) electrons. The Labute approximate surface area is 101 Å². The van der Waals surface area contributed by atoms with Crippen molar-refractivity contribution >= 4 is 11.6 Å². The van der Waals surface area contributed by atoms with Crippen LogP contribution in [-0.2, 0) is 10.2 Å². The first-order chi connectivity index (χ1) is 8.26. The molecular weight excluding hydrogens is 214 g/mol. The third kappa shape index (κ3) is 1.47. The third-order valence-corrected chi connectivity index (χ3v) is 4.18. The van der Waals surface area contributed by atoms with Crippen LogP contribution < -0.4 is 5.32 Å². The minimum Gasteiger partial charge on any atom is -0.325 e. The van der Waals surface area contributed by atoms with Gasteiger partial charge in [-0.05, 0) is 38.5 Å². The van der Waals surface area contributed by atoms with Crippen molar-refractivity contribution in [3.05, 3.63) is 24.0 Å². The molecule has 3 heterocycles. The molecule has 1 aromatic heterocycles. The highest BCUT2D eigenvalue weighted by Crippen LogP contribution is 2.44. The predicted molar refractivity (Wildman–Crippen MR) is 65.9 cm³/mol. The topological polar surface area (TPSA) is 45.2 Å². The molecule has 2 aliphatic rings. The summed E-state index contributed by atoms with van der Waals surface area (Å²) in [4.78, 5) is 18.8. The standard InChI is InChI=1S/C13H17N3O/c1-2-16-7-4-13(5-8-16)10-9-14-6-3-11(10)15-12(13)17/h3,6,9H,2,4-5,7-8H2,1H3,(H,15,17). The van der Waals surface area contributed by atoms with Crippen molar-refractivity contribution in [1.82, 2.24) is 9.88 Å². The second-order valence-corrected chi connectivity index (χ2v) is 4.89. The maximum absolute atomic E-state index is 12.2. The van der Waals surface area contributed by atoms with Crippen LogP contribution in [0.4, 0.5) is 5.69 Å². The van der Waals surface area contributed by atoms with Crippen molar-refractivity contribution in [2.75, 3.05) is 25.0 Å². The van der Waals surface area contributed by atoms with E-state index in [9.17, 15) is 4.79 Å². The Morgan fingerprint density at radius 3 is 2.94 bits per heavy atom. The minimum atomic E-state index is -0.310. The molecule has 90 valence electrons. The van der Waals surface area contributed by atoms with Gasteiger partial charge in [-0.1, -0.05) is 6.92 Å². The van der Waals surface area contributed by atoms with Crippen LogP contribution in [-0.4, -0.2) is 35.4 Å². The van der Waals surface area contributed by atoms with Gasteiger partial charge in [-0.2, -0.15) is 0 Å². The van der Waals surface area contributed by atoms with E-state index in [1.807, 2.05) is 12.3 Å². The van der Waals surface area contributed by atoms with Crippen LogP contribution in [0.3, 0.4) is 0 Å². The largest absolute Gasteiger partial charge is 0.325 e. The van der Waals surface area contributed by atoms with Gasteiger partial charge in [0.15, 0.2) is 0 Å². The van der Waals surface area contributed by atoms with Gasteiger partial charge in [0.2, 0.25) is 5.91 Å². The van der Waals surface area contributed by atoms with Gasteiger partial charge in [0, 0.05) is 23.6 Å². The minimum absolute atomic E-state index is 0.163. The lowest BCUT2D eigenvalue weighted by Gasteiger charge is -2.37. The highest BCUT2D eigenvalue weighted by molar-refractivity contribution is 6.06. The lowest BCUT2D eigenvalue weighted by Crippen LogP contribution is -2.46. The normalized spacial score (nSPS) is 22.5. The van der Waals surface area contributed by atoms with Crippen LogP contribution >= 0.6 is 0 Å². The molecular formula is C13H17N3O. The van der Waals surface area contributed by atoms with Gasteiger partial charge in [0.05, 0.1) is 5.41 Å². The summed E-state index contributed by atoms with van der Waals surface area (Å²) in [6.45, 7) is 5.23. The van der Waals surface area contributed by atoms with Crippen LogP contribution in [0.15, 0.2) is 18.5 Å². The van der Waals surface area contributed by atoms with Gasteiger partial charge < -0.3 is 10.2 Å². The van der Waals surface area contributed by atoms with Crippen molar-refractivity contribution in [3.63, 3.8) is 0 Å². The number of carbonyl (C=O) groups is 1.